The quantitative estimate of drug-likeness (QED) is 0.540. The summed E-state index contributed by atoms with van der Waals surface area (Å²) in [6.45, 7) is 0. The lowest BCUT2D eigenvalue weighted by molar-refractivity contribution is -0.384. The van der Waals surface area contributed by atoms with Gasteiger partial charge in [-0.2, -0.15) is 4.98 Å². The molecule has 0 fully saturated rings. The smallest absolute Gasteiger partial charge is 0.271 e. The zero-order valence-corrected chi connectivity index (χ0v) is 13.0. The van der Waals surface area contributed by atoms with Gasteiger partial charge in [0.1, 0.15) is 0 Å². The summed E-state index contributed by atoms with van der Waals surface area (Å²) >= 11 is 0. The Morgan fingerprint density at radius 2 is 2.04 bits per heavy atom. The van der Waals surface area contributed by atoms with Gasteiger partial charge in [-0.15, -0.1) is 0 Å². The molecule has 0 saturated heterocycles. The van der Waals surface area contributed by atoms with Gasteiger partial charge < -0.3 is 9.84 Å². The van der Waals surface area contributed by atoms with Crippen molar-refractivity contribution in [3.05, 3.63) is 64.8 Å². The highest BCUT2D eigenvalue weighted by molar-refractivity contribution is 5.91. The third kappa shape index (κ3) is 4.22. The van der Waals surface area contributed by atoms with E-state index in [1.165, 1.54) is 18.2 Å². The highest BCUT2D eigenvalue weighted by Crippen LogP contribution is 2.18. The first-order valence-corrected chi connectivity index (χ1v) is 7.39. The van der Waals surface area contributed by atoms with Crippen LogP contribution in [0.25, 0.3) is 11.4 Å². The van der Waals surface area contributed by atoms with Gasteiger partial charge in [0, 0.05) is 48.6 Å². The second-order valence-electron chi connectivity index (χ2n) is 5.10. The van der Waals surface area contributed by atoms with Crippen molar-refractivity contribution in [2.45, 2.75) is 12.8 Å². The van der Waals surface area contributed by atoms with Crippen LogP contribution in [0.1, 0.15) is 12.3 Å². The number of non-ortho nitro benzene ring substituents is 1. The number of rotatable bonds is 6. The molecule has 1 aromatic carbocycles. The summed E-state index contributed by atoms with van der Waals surface area (Å²) in [5.41, 5.74) is 1.05. The molecule has 1 N–H and O–H groups in total. The van der Waals surface area contributed by atoms with Crippen LogP contribution < -0.4 is 5.32 Å². The fraction of sp³-hybridized carbons (Fsp3) is 0.125. The Morgan fingerprint density at radius 1 is 1.24 bits per heavy atom. The molecule has 126 valence electrons. The van der Waals surface area contributed by atoms with Gasteiger partial charge in [-0.3, -0.25) is 19.9 Å². The van der Waals surface area contributed by atoms with E-state index in [9.17, 15) is 14.9 Å². The molecule has 0 aliphatic heterocycles. The average molecular weight is 339 g/mol. The van der Waals surface area contributed by atoms with Gasteiger partial charge in [-0.05, 0) is 18.2 Å². The van der Waals surface area contributed by atoms with E-state index in [1.807, 2.05) is 0 Å². The maximum absolute atomic E-state index is 12.0. The monoisotopic (exact) mass is 339 g/mol. The van der Waals surface area contributed by atoms with Crippen molar-refractivity contribution in [1.82, 2.24) is 15.1 Å². The Labute approximate surface area is 141 Å². The molecule has 9 heteroatoms. The number of benzene rings is 1. The minimum Gasteiger partial charge on any atom is -0.339 e. The summed E-state index contributed by atoms with van der Waals surface area (Å²) in [5.74, 6) is 0.460. The molecule has 0 radical (unpaired) electrons. The predicted molar refractivity (Wildman–Crippen MR) is 87.6 cm³/mol. The number of nitro groups is 1. The number of pyridine rings is 1. The Hall–Kier alpha value is -3.62. The van der Waals surface area contributed by atoms with Crippen molar-refractivity contribution in [3.8, 4) is 11.4 Å². The normalized spacial score (nSPS) is 10.4. The molecule has 1 amide bonds. The minimum atomic E-state index is -0.519. The molecule has 0 atom stereocenters. The Kier molecular flexibility index (Phi) is 4.74. The van der Waals surface area contributed by atoms with E-state index in [1.54, 1.807) is 30.6 Å². The second-order valence-corrected chi connectivity index (χ2v) is 5.10. The van der Waals surface area contributed by atoms with Crippen molar-refractivity contribution < 1.29 is 14.2 Å². The fourth-order valence-electron chi connectivity index (χ4n) is 2.12. The average Bonchev–Trinajstić information content (AvgIpc) is 3.10. The van der Waals surface area contributed by atoms with Gasteiger partial charge in [-0.1, -0.05) is 11.2 Å². The first kappa shape index (κ1) is 16.2. The predicted octanol–water partition coefficient (Wildman–Crippen LogP) is 2.61. The molecule has 0 bridgehead atoms. The number of hydrogen-bond acceptors (Lipinski definition) is 7. The summed E-state index contributed by atoms with van der Waals surface area (Å²) < 4.78 is 5.12. The standard InChI is InChI=1S/C16H13N5O4/c22-14(18-12-2-1-3-13(10-12)21(23)24)4-5-15-19-16(20-25-15)11-6-8-17-9-7-11/h1-3,6-10H,4-5H2,(H,18,22). The fourth-order valence-corrected chi connectivity index (χ4v) is 2.12. The van der Waals surface area contributed by atoms with Gasteiger partial charge in [0.15, 0.2) is 0 Å². The Morgan fingerprint density at radius 3 is 2.80 bits per heavy atom. The molecule has 25 heavy (non-hydrogen) atoms. The van der Waals surface area contributed by atoms with Gasteiger partial charge in [0.2, 0.25) is 17.6 Å². The summed E-state index contributed by atoms with van der Waals surface area (Å²) in [4.78, 5) is 30.3. The summed E-state index contributed by atoms with van der Waals surface area (Å²) in [5, 5.41) is 17.2. The molecule has 2 heterocycles. The number of aromatic nitrogens is 3. The van der Waals surface area contributed by atoms with E-state index in [2.05, 4.69) is 20.4 Å². The van der Waals surface area contributed by atoms with Crippen LogP contribution in [0.2, 0.25) is 0 Å². The number of aryl methyl sites for hydroxylation is 1. The van der Waals surface area contributed by atoms with Crippen LogP contribution in [0.5, 0.6) is 0 Å². The van der Waals surface area contributed by atoms with E-state index in [4.69, 9.17) is 4.52 Å². The first-order chi connectivity index (χ1) is 12.1. The minimum absolute atomic E-state index is 0.0864. The maximum atomic E-state index is 12.0. The third-order valence-electron chi connectivity index (χ3n) is 3.31. The number of nitrogens with zero attached hydrogens (tertiary/aromatic N) is 4. The molecule has 0 spiro atoms. The topological polar surface area (TPSA) is 124 Å². The molecule has 3 aromatic rings. The summed E-state index contributed by atoms with van der Waals surface area (Å²) in [6.07, 6.45) is 3.62. The third-order valence-corrected chi connectivity index (χ3v) is 3.31. The van der Waals surface area contributed by atoms with Crippen LogP contribution in [-0.4, -0.2) is 26.0 Å². The maximum Gasteiger partial charge on any atom is 0.271 e. The first-order valence-electron chi connectivity index (χ1n) is 7.39. The van der Waals surface area contributed by atoms with Crippen molar-refractivity contribution in [2.24, 2.45) is 0 Å². The number of hydrogen-bond donors (Lipinski definition) is 1. The molecule has 3 rings (SSSR count). The zero-order chi connectivity index (χ0) is 17.6. The van der Waals surface area contributed by atoms with E-state index in [-0.39, 0.29) is 24.4 Å². The lowest BCUT2D eigenvalue weighted by Gasteiger charge is -2.03. The largest absolute Gasteiger partial charge is 0.339 e. The van der Waals surface area contributed by atoms with Crippen molar-refractivity contribution in [3.63, 3.8) is 0 Å². The van der Waals surface area contributed by atoms with Crippen LogP contribution in [-0.2, 0) is 11.2 Å². The SMILES string of the molecule is O=C(CCc1nc(-c2ccncc2)no1)Nc1cccc([N+](=O)[O-])c1. The second kappa shape index (κ2) is 7.30. The number of carbonyl (C=O) groups is 1. The lowest BCUT2D eigenvalue weighted by Crippen LogP contribution is -2.12. The van der Waals surface area contributed by atoms with Gasteiger partial charge in [-0.25, -0.2) is 0 Å². The van der Waals surface area contributed by atoms with Crippen molar-refractivity contribution in [1.29, 1.82) is 0 Å². The molecular weight excluding hydrogens is 326 g/mol. The number of carbonyl (C=O) groups excluding carboxylic acids is 1. The molecule has 0 saturated carbocycles. The van der Waals surface area contributed by atoms with Crippen molar-refractivity contribution in [2.75, 3.05) is 5.32 Å². The highest BCUT2D eigenvalue weighted by atomic mass is 16.6. The molecular formula is C16H13N5O4. The molecule has 0 unspecified atom stereocenters. The number of nitrogens with one attached hydrogen (secondary N) is 1. The molecule has 2 aromatic heterocycles. The van der Waals surface area contributed by atoms with Crippen LogP contribution in [0.15, 0.2) is 53.3 Å². The van der Waals surface area contributed by atoms with Crippen molar-refractivity contribution >= 4 is 17.3 Å². The number of amides is 1. The lowest BCUT2D eigenvalue weighted by atomic mass is 10.2. The van der Waals surface area contributed by atoms with Gasteiger partial charge >= 0.3 is 0 Å². The number of nitro benzene ring substituents is 1. The summed E-state index contributed by atoms with van der Waals surface area (Å²) in [6, 6.07) is 9.25. The highest BCUT2D eigenvalue weighted by Gasteiger charge is 2.12. The summed E-state index contributed by atoms with van der Waals surface area (Å²) in [7, 11) is 0. The van der Waals surface area contributed by atoms with Crippen LogP contribution in [0.3, 0.4) is 0 Å². The van der Waals surface area contributed by atoms with E-state index in [0.717, 1.165) is 5.56 Å². The Balaban J connectivity index is 1.57. The van der Waals surface area contributed by atoms with E-state index in [0.29, 0.717) is 17.4 Å². The van der Waals surface area contributed by atoms with Crippen LogP contribution >= 0.6 is 0 Å². The Bertz CT molecular complexity index is 894. The molecule has 0 aliphatic rings. The number of anilines is 1. The van der Waals surface area contributed by atoms with Crippen LogP contribution in [0.4, 0.5) is 11.4 Å². The zero-order valence-electron chi connectivity index (χ0n) is 13.0. The van der Waals surface area contributed by atoms with Crippen LogP contribution in [0, 0.1) is 10.1 Å². The molecule has 0 aliphatic carbocycles. The molecule has 9 nitrogen and oxygen atoms in total. The van der Waals surface area contributed by atoms with Gasteiger partial charge in [0.25, 0.3) is 5.69 Å². The van der Waals surface area contributed by atoms with E-state index < -0.39 is 4.92 Å². The van der Waals surface area contributed by atoms with Gasteiger partial charge in [0.05, 0.1) is 4.92 Å². The van der Waals surface area contributed by atoms with E-state index >= 15 is 0 Å².